The molecule has 0 saturated carbocycles. The lowest BCUT2D eigenvalue weighted by molar-refractivity contribution is 0.0404. The van der Waals surface area contributed by atoms with Gasteiger partial charge in [0.15, 0.2) is 11.5 Å². The molecule has 0 N–H and O–H groups in total. The number of carbonyl (C=O) groups is 1. The summed E-state index contributed by atoms with van der Waals surface area (Å²) in [5.74, 6) is 1.78. The molecule has 1 atom stereocenters. The van der Waals surface area contributed by atoms with E-state index in [1.165, 1.54) is 23.3 Å². The average Bonchev–Trinajstić information content (AvgIpc) is 3.46. The first kappa shape index (κ1) is 18.8. The number of hydrogen-bond donors (Lipinski definition) is 0. The van der Waals surface area contributed by atoms with E-state index in [0.717, 1.165) is 63.7 Å². The van der Waals surface area contributed by atoms with Crippen molar-refractivity contribution in [3.63, 3.8) is 0 Å². The van der Waals surface area contributed by atoms with Crippen molar-refractivity contribution in [2.45, 2.75) is 25.4 Å². The molecule has 2 saturated heterocycles. The van der Waals surface area contributed by atoms with Crippen molar-refractivity contribution in [1.82, 2.24) is 19.7 Å². The topological polar surface area (TPSA) is 58.1 Å². The van der Waals surface area contributed by atoms with Crippen molar-refractivity contribution >= 4 is 17.2 Å². The number of piperazine rings is 1. The molecule has 29 heavy (non-hydrogen) atoms. The van der Waals surface area contributed by atoms with Crippen molar-refractivity contribution in [2.75, 3.05) is 46.1 Å². The summed E-state index contributed by atoms with van der Waals surface area (Å²) < 4.78 is 10.9. The van der Waals surface area contributed by atoms with Crippen LogP contribution in [0, 0.1) is 0 Å². The first-order chi connectivity index (χ1) is 14.3. The molecular weight excluding hydrogens is 388 g/mol. The van der Waals surface area contributed by atoms with E-state index in [0.29, 0.717) is 18.5 Å². The second-order valence-corrected chi connectivity index (χ2v) is 8.64. The van der Waals surface area contributed by atoms with Crippen LogP contribution in [0.25, 0.3) is 0 Å². The Bertz CT molecular complexity index is 852. The van der Waals surface area contributed by atoms with E-state index >= 15 is 0 Å². The smallest absolute Gasteiger partial charge is 0.273 e. The normalized spacial score (nSPS) is 22.8. The molecule has 0 bridgehead atoms. The molecule has 1 aromatic heterocycles. The maximum Gasteiger partial charge on any atom is 0.273 e. The van der Waals surface area contributed by atoms with E-state index in [4.69, 9.17) is 9.47 Å². The van der Waals surface area contributed by atoms with Crippen LogP contribution >= 0.6 is 11.3 Å². The average molecular weight is 415 g/mol. The minimum atomic E-state index is 0.0809. The summed E-state index contributed by atoms with van der Waals surface area (Å²) in [6.45, 7) is 7.11. The molecule has 154 valence electrons. The van der Waals surface area contributed by atoms with Crippen molar-refractivity contribution in [2.24, 2.45) is 0 Å². The fourth-order valence-electron chi connectivity index (χ4n) is 4.50. The van der Waals surface area contributed by atoms with Crippen LogP contribution in [-0.2, 0) is 6.54 Å². The van der Waals surface area contributed by atoms with Crippen LogP contribution in [0.2, 0.25) is 0 Å². The molecule has 5 rings (SSSR count). The molecule has 1 amide bonds. The predicted molar refractivity (Wildman–Crippen MR) is 110 cm³/mol. The van der Waals surface area contributed by atoms with Gasteiger partial charge in [-0.15, -0.1) is 11.3 Å². The summed E-state index contributed by atoms with van der Waals surface area (Å²) in [5, 5.41) is 1.85. The van der Waals surface area contributed by atoms with Gasteiger partial charge >= 0.3 is 0 Å². The highest BCUT2D eigenvalue weighted by Gasteiger charge is 2.31. The van der Waals surface area contributed by atoms with Gasteiger partial charge < -0.3 is 14.4 Å². The van der Waals surface area contributed by atoms with Gasteiger partial charge in [-0.3, -0.25) is 14.6 Å². The number of carbonyl (C=O) groups excluding carboxylic acids is 1. The van der Waals surface area contributed by atoms with Gasteiger partial charge in [-0.1, -0.05) is 6.07 Å². The Balaban J connectivity index is 1.14. The molecule has 1 unspecified atom stereocenters. The molecule has 2 fully saturated rings. The van der Waals surface area contributed by atoms with Gasteiger partial charge in [0.05, 0.1) is 5.51 Å². The van der Waals surface area contributed by atoms with E-state index < -0.39 is 0 Å². The second kappa shape index (κ2) is 8.30. The summed E-state index contributed by atoms with van der Waals surface area (Å²) in [6, 6.07) is 6.68. The minimum Gasteiger partial charge on any atom is -0.454 e. The maximum absolute atomic E-state index is 12.6. The molecular formula is C21H26N4O3S. The van der Waals surface area contributed by atoms with Gasteiger partial charge in [0, 0.05) is 57.2 Å². The summed E-state index contributed by atoms with van der Waals surface area (Å²) in [4.78, 5) is 23.9. The summed E-state index contributed by atoms with van der Waals surface area (Å²) in [7, 11) is 0. The fourth-order valence-corrected chi connectivity index (χ4v) is 5.03. The van der Waals surface area contributed by atoms with E-state index in [2.05, 4.69) is 26.9 Å². The number of rotatable bonds is 4. The monoisotopic (exact) mass is 414 g/mol. The first-order valence-electron chi connectivity index (χ1n) is 10.3. The van der Waals surface area contributed by atoms with Crippen LogP contribution in [0.4, 0.5) is 0 Å². The maximum atomic E-state index is 12.6. The van der Waals surface area contributed by atoms with Crippen molar-refractivity contribution in [1.29, 1.82) is 0 Å². The third-order valence-electron chi connectivity index (χ3n) is 6.10. The first-order valence-corrected chi connectivity index (χ1v) is 11.2. The van der Waals surface area contributed by atoms with Gasteiger partial charge in [-0.2, -0.15) is 0 Å². The number of benzene rings is 1. The fraction of sp³-hybridized carbons (Fsp3) is 0.524. The van der Waals surface area contributed by atoms with E-state index in [1.807, 2.05) is 16.3 Å². The molecule has 3 aliphatic heterocycles. The number of ether oxygens (including phenoxy) is 2. The number of piperidine rings is 1. The zero-order valence-electron chi connectivity index (χ0n) is 16.5. The van der Waals surface area contributed by atoms with E-state index in [9.17, 15) is 4.79 Å². The van der Waals surface area contributed by atoms with Crippen molar-refractivity contribution < 1.29 is 14.3 Å². The number of likely N-dealkylation sites (tertiary alicyclic amines) is 1. The number of thiazole rings is 1. The van der Waals surface area contributed by atoms with Crippen LogP contribution < -0.4 is 9.47 Å². The molecule has 7 nitrogen and oxygen atoms in total. The van der Waals surface area contributed by atoms with Crippen molar-refractivity contribution in [3.8, 4) is 11.5 Å². The van der Waals surface area contributed by atoms with E-state index in [1.54, 1.807) is 5.51 Å². The van der Waals surface area contributed by atoms with E-state index in [-0.39, 0.29) is 5.91 Å². The third-order valence-corrected chi connectivity index (χ3v) is 6.69. The lowest BCUT2D eigenvalue weighted by Gasteiger charge is -2.43. The molecule has 1 aromatic carbocycles. The Morgan fingerprint density at radius 3 is 2.83 bits per heavy atom. The standard InChI is InChI=1S/C21H26N4O3S/c26-21(18-13-29-14-22-18)25-5-1-2-17(12-25)24-8-6-23(7-9-24)11-16-3-4-19-20(10-16)28-15-27-19/h3-4,10,13-14,17H,1-2,5-9,11-12,15H2. The quantitative estimate of drug-likeness (QED) is 0.765. The Morgan fingerprint density at radius 2 is 2.00 bits per heavy atom. The molecule has 0 radical (unpaired) electrons. The lowest BCUT2D eigenvalue weighted by Crippen LogP contribution is -2.55. The lowest BCUT2D eigenvalue weighted by atomic mass is 10.0. The number of nitrogens with zero attached hydrogens (tertiary/aromatic N) is 4. The molecule has 8 heteroatoms. The van der Waals surface area contributed by atoms with Gasteiger partial charge in [-0.05, 0) is 30.5 Å². The summed E-state index contributed by atoms with van der Waals surface area (Å²) in [6.07, 6.45) is 2.24. The second-order valence-electron chi connectivity index (χ2n) is 7.92. The minimum absolute atomic E-state index is 0.0809. The molecule has 4 heterocycles. The third kappa shape index (κ3) is 4.10. The predicted octanol–water partition coefficient (Wildman–Crippen LogP) is 2.29. The van der Waals surface area contributed by atoms with Gasteiger partial charge in [0.2, 0.25) is 6.79 Å². The van der Waals surface area contributed by atoms with Gasteiger partial charge in [-0.25, -0.2) is 4.98 Å². The number of aromatic nitrogens is 1. The molecule has 0 aliphatic carbocycles. The van der Waals surface area contributed by atoms with Gasteiger partial charge in [0.1, 0.15) is 5.69 Å². The van der Waals surface area contributed by atoms with Crippen molar-refractivity contribution in [3.05, 3.63) is 40.3 Å². The van der Waals surface area contributed by atoms with Crippen LogP contribution in [0.3, 0.4) is 0 Å². The number of amides is 1. The summed E-state index contributed by atoms with van der Waals surface area (Å²) >= 11 is 1.48. The zero-order valence-corrected chi connectivity index (χ0v) is 17.3. The highest BCUT2D eigenvalue weighted by molar-refractivity contribution is 7.07. The molecule has 2 aromatic rings. The Hall–Kier alpha value is -2.16. The SMILES string of the molecule is O=C(c1cscn1)N1CCCC(N2CCN(Cc3ccc4c(c3)OCO4)CC2)C1. The molecule has 0 spiro atoms. The highest BCUT2D eigenvalue weighted by atomic mass is 32.1. The van der Waals surface area contributed by atoms with Crippen LogP contribution in [0.5, 0.6) is 11.5 Å². The molecule has 3 aliphatic rings. The van der Waals surface area contributed by atoms with Crippen LogP contribution in [0.1, 0.15) is 28.9 Å². The highest BCUT2D eigenvalue weighted by Crippen LogP contribution is 2.33. The number of fused-ring (bicyclic) bond motifs is 1. The Labute approximate surface area is 174 Å². The number of hydrogen-bond acceptors (Lipinski definition) is 7. The van der Waals surface area contributed by atoms with Crippen LogP contribution in [-0.4, -0.2) is 77.7 Å². The summed E-state index contributed by atoms with van der Waals surface area (Å²) in [5.41, 5.74) is 3.58. The van der Waals surface area contributed by atoms with Gasteiger partial charge in [0.25, 0.3) is 5.91 Å². The zero-order chi connectivity index (χ0) is 19.6. The largest absolute Gasteiger partial charge is 0.454 e. The Morgan fingerprint density at radius 1 is 1.14 bits per heavy atom. The Kier molecular flexibility index (Phi) is 5.39. The van der Waals surface area contributed by atoms with Crippen LogP contribution in [0.15, 0.2) is 29.1 Å².